The second-order valence-electron chi connectivity index (χ2n) is 3.90. The minimum atomic E-state index is -0.282. The van der Waals surface area contributed by atoms with Crippen molar-refractivity contribution < 1.29 is 9.13 Å². The van der Waals surface area contributed by atoms with E-state index in [4.69, 9.17) is 16.3 Å². The first-order valence-electron chi connectivity index (χ1n) is 5.38. The molecule has 0 aliphatic carbocycles. The van der Waals surface area contributed by atoms with Gasteiger partial charge in [0.1, 0.15) is 17.3 Å². The zero-order valence-electron chi connectivity index (χ0n) is 9.71. The number of aryl methyl sites for hydroxylation is 1. The summed E-state index contributed by atoms with van der Waals surface area (Å²) in [5.74, 6) is 1.15. The Labute approximate surface area is 119 Å². The van der Waals surface area contributed by atoms with Gasteiger partial charge in [0.05, 0.1) is 5.88 Å². The molecule has 0 N–H and O–H groups in total. The van der Waals surface area contributed by atoms with Gasteiger partial charge in [0.15, 0.2) is 0 Å². The normalized spacial score (nSPS) is 10.4. The van der Waals surface area contributed by atoms with Gasteiger partial charge in [0.25, 0.3) is 0 Å². The molecule has 4 heteroatoms. The molecule has 0 saturated carbocycles. The molecule has 1 nitrogen and oxygen atoms in total. The van der Waals surface area contributed by atoms with Crippen molar-refractivity contribution in [3.05, 3.63) is 57.8 Å². The molecule has 0 heterocycles. The summed E-state index contributed by atoms with van der Waals surface area (Å²) in [7, 11) is 0. The molecular formula is C14H11BrClFO. The highest BCUT2D eigenvalue weighted by molar-refractivity contribution is 9.10. The van der Waals surface area contributed by atoms with Crippen LogP contribution in [0, 0.1) is 12.7 Å². The fourth-order valence-electron chi connectivity index (χ4n) is 1.50. The topological polar surface area (TPSA) is 9.23 Å². The van der Waals surface area contributed by atoms with E-state index in [2.05, 4.69) is 15.9 Å². The van der Waals surface area contributed by atoms with Gasteiger partial charge in [0.2, 0.25) is 0 Å². The van der Waals surface area contributed by atoms with E-state index in [1.54, 1.807) is 19.1 Å². The van der Waals surface area contributed by atoms with Crippen LogP contribution in [0.3, 0.4) is 0 Å². The van der Waals surface area contributed by atoms with Gasteiger partial charge in [-0.3, -0.25) is 0 Å². The molecule has 0 unspecified atom stereocenters. The fraction of sp³-hybridized carbons (Fsp3) is 0.143. The SMILES string of the molecule is Cc1ccc(Oc2cc(Br)ccc2CCl)cc1F. The Morgan fingerprint density at radius 1 is 1.22 bits per heavy atom. The summed E-state index contributed by atoms with van der Waals surface area (Å²) in [4.78, 5) is 0. The Balaban J connectivity index is 2.33. The van der Waals surface area contributed by atoms with Crippen LogP contribution in [0.25, 0.3) is 0 Å². The van der Waals surface area contributed by atoms with E-state index in [1.165, 1.54) is 6.07 Å². The van der Waals surface area contributed by atoms with E-state index in [0.717, 1.165) is 10.0 Å². The first kappa shape index (κ1) is 13.4. The number of rotatable bonds is 3. The lowest BCUT2D eigenvalue weighted by atomic mass is 10.2. The maximum Gasteiger partial charge on any atom is 0.132 e. The average Bonchev–Trinajstić information content (AvgIpc) is 2.34. The summed E-state index contributed by atoms with van der Waals surface area (Å²) >= 11 is 9.21. The zero-order valence-corrected chi connectivity index (χ0v) is 12.1. The third-order valence-electron chi connectivity index (χ3n) is 2.54. The van der Waals surface area contributed by atoms with Gasteiger partial charge < -0.3 is 4.74 Å². The van der Waals surface area contributed by atoms with Gasteiger partial charge in [-0.15, -0.1) is 11.6 Å². The van der Waals surface area contributed by atoms with Crippen LogP contribution in [-0.2, 0) is 5.88 Å². The molecule has 0 fully saturated rings. The van der Waals surface area contributed by atoms with Crippen LogP contribution in [0.15, 0.2) is 40.9 Å². The smallest absolute Gasteiger partial charge is 0.132 e. The summed E-state index contributed by atoms with van der Waals surface area (Å²) in [5.41, 5.74) is 1.45. The molecule has 0 amide bonds. The standard InChI is InChI=1S/C14H11BrClFO/c1-9-2-5-12(7-13(9)17)18-14-6-11(15)4-3-10(14)8-16/h2-7H,8H2,1H3. The van der Waals surface area contributed by atoms with E-state index >= 15 is 0 Å². The molecule has 0 atom stereocenters. The second kappa shape index (κ2) is 5.72. The van der Waals surface area contributed by atoms with Crippen LogP contribution in [0.1, 0.15) is 11.1 Å². The van der Waals surface area contributed by atoms with Gasteiger partial charge in [-0.1, -0.05) is 28.1 Å². The molecule has 0 aromatic heterocycles. The van der Waals surface area contributed by atoms with Crippen molar-refractivity contribution in [1.82, 2.24) is 0 Å². The number of benzene rings is 2. The van der Waals surface area contributed by atoms with Crippen molar-refractivity contribution >= 4 is 27.5 Å². The summed E-state index contributed by atoms with van der Waals surface area (Å²) in [6, 6.07) is 10.4. The Bertz CT molecular complexity index is 572. The number of halogens is 3. The molecular weight excluding hydrogens is 319 g/mol. The summed E-state index contributed by atoms with van der Waals surface area (Å²) in [6.07, 6.45) is 0. The molecule has 0 bridgehead atoms. The maximum atomic E-state index is 13.4. The number of ether oxygens (including phenoxy) is 1. The highest BCUT2D eigenvalue weighted by atomic mass is 79.9. The monoisotopic (exact) mass is 328 g/mol. The van der Waals surface area contributed by atoms with Gasteiger partial charge in [-0.25, -0.2) is 4.39 Å². The summed E-state index contributed by atoms with van der Waals surface area (Å²) in [5, 5.41) is 0. The third-order valence-corrected chi connectivity index (χ3v) is 3.33. The van der Waals surface area contributed by atoms with E-state index in [1.807, 2.05) is 18.2 Å². The molecule has 2 aromatic carbocycles. The third kappa shape index (κ3) is 3.03. The highest BCUT2D eigenvalue weighted by Gasteiger charge is 2.07. The predicted octanol–water partition coefficient (Wildman–Crippen LogP) is 5.43. The van der Waals surface area contributed by atoms with Crippen molar-refractivity contribution in [3.63, 3.8) is 0 Å². The molecule has 2 rings (SSSR count). The first-order chi connectivity index (χ1) is 8.60. The van der Waals surface area contributed by atoms with Crippen molar-refractivity contribution in [3.8, 4) is 11.5 Å². The van der Waals surface area contributed by atoms with E-state index in [-0.39, 0.29) is 5.82 Å². The van der Waals surface area contributed by atoms with Gasteiger partial charge in [-0.05, 0) is 30.7 Å². The number of hydrogen-bond acceptors (Lipinski definition) is 1. The quantitative estimate of drug-likeness (QED) is 0.682. The maximum absolute atomic E-state index is 13.4. The van der Waals surface area contributed by atoms with Crippen LogP contribution in [0.2, 0.25) is 0 Å². The molecule has 0 aliphatic heterocycles. The van der Waals surface area contributed by atoms with Gasteiger partial charge in [0, 0.05) is 16.1 Å². The van der Waals surface area contributed by atoms with E-state index in [9.17, 15) is 4.39 Å². The van der Waals surface area contributed by atoms with Crippen LogP contribution in [0.5, 0.6) is 11.5 Å². The van der Waals surface area contributed by atoms with Crippen LogP contribution >= 0.6 is 27.5 Å². The van der Waals surface area contributed by atoms with Crippen LogP contribution < -0.4 is 4.74 Å². The van der Waals surface area contributed by atoms with Gasteiger partial charge >= 0.3 is 0 Å². The molecule has 0 radical (unpaired) electrons. The summed E-state index contributed by atoms with van der Waals surface area (Å²) < 4.78 is 20.0. The Hall–Kier alpha value is -1.06. The average molecular weight is 330 g/mol. The van der Waals surface area contributed by atoms with E-state index in [0.29, 0.717) is 22.9 Å². The summed E-state index contributed by atoms with van der Waals surface area (Å²) in [6.45, 7) is 1.71. The lowest BCUT2D eigenvalue weighted by Gasteiger charge is -2.10. The molecule has 18 heavy (non-hydrogen) atoms. The molecule has 2 aromatic rings. The Morgan fingerprint density at radius 3 is 2.67 bits per heavy atom. The molecule has 0 saturated heterocycles. The van der Waals surface area contributed by atoms with Gasteiger partial charge in [-0.2, -0.15) is 0 Å². The second-order valence-corrected chi connectivity index (χ2v) is 5.08. The number of alkyl halides is 1. The van der Waals surface area contributed by atoms with Crippen molar-refractivity contribution in [1.29, 1.82) is 0 Å². The molecule has 0 aliphatic rings. The minimum Gasteiger partial charge on any atom is -0.457 e. The van der Waals surface area contributed by atoms with Crippen molar-refractivity contribution in [2.45, 2.75) is 12.8 Å². The Morgan fingerprint density at radius 2 is 2.00 bits per heavy atom. The van der Waals surface area contributed by atoms with Crippen LogP contribution in [0.4, 0.5) is 4.39 Å². The predicted molar refractivity (Wildman–Crippen MR) is 74.9 cm³/mol. The zero-order chi connectivity index (χ0) is 13.1. The first-order valence-corrected chi connectivity index (χ1v) is 6.71. The fourth-order valence-corrected chi connectivity index (χ4v) is 2.06. The lowest BCUT2D eigenvalue weighted by molar-refractivity contribution is 0.471. The van der Waals surface area contributed by atoms with Crippen molar-refractivity contribution in [2.75, 3.05) is 0 Å². The van der Waals surface area contributed by atoms with Crippen molar-refractivity contribution in [2.24, 2.45) is 0 Å². The Kier molecular flexibility index (Phi) is 4.25. The largest absolute Gasteiger partial charge is 0.457 e. The van der Waals surface area contributed by atoms with E-state index < -0.39 is 0 Å². The number of hydrogen-bond donors (Lipinski definition) is 0. The highest BCUT2D eigenvalue weighted by Crippen LogP contribution is 2.30. The molecule has 94 valence electrons. The molecule has 0 spiro atoms. The minimum absolute atomic E-state index is 0.282. The lowest BCUT2D eigenvalue weighted by Crippen LogP contribution is -1.91. The van der Waals surface area contributed by atoms with Crippen LogP contribution in [-0.4, -0.2) is 0 Å².